The quantitative estimate of drug-likeness (QED) is 0.336. The molecular weight excluding hydrogens is 262 g/mol. The first kappa shape index (κ1) is 15.6. The smallest absolute Gasteiger partial charge is 0.341 e. The van der Waals surface area contributed by atoms with E-state index >= 15 is 0 Å². The summed E-state index contributed by atoms with van der Waals surface area (Å²) in [5.41, 5.74) is 0.235. The normalized spacial score (nSPS) is 10.8. The minimum atomic E-state index is -0.768. The number of carbonyl (C=O) groups is 3. The van der Waals surface area contributed by atoms with Crippen LogP contribution < -0.4 is 0 Å². The average molecular weight is 277 g/mol. The van der Waals surface area contributed by atoms with Gasteiger partial charge in [-0.25, -0.2) is 4.79 Å². The van der Waals surface area contributed by atoms with Crippen molar-refractivity contribution in [2.24, 2.45) is 0 Å². The van der Waals surface area contributed by atoms with Crippen molar-refractivity contribution in [3.05, 3.63) is 35.7 Å². The summed E-state index contributed by atoms with van der Waals surface area (Å²) >= 11 is 0. The van der Waals surface area contributed by atoms with Crippen LogP contribution >= 0.6 is 0 Å². The van der Waals surface area contributed by atoms with E-state index in [2.05, 4.69) is 9.72 Å². The van der Waals surface area contributed by atoms with Gasteiger partial charge in [0.25, 0.3) is 0 Å². The second-order valence-electron chi connectivity index (χ2n) is 3.74. The highest BCUT2D eigenvalue weighted by molar-refractivity contribution is 6.21. The van der Waals surface area contributed by atoms with E-state index in [9.17, 15) is 14.4 Å². The fourth-order valence-electron chi connectivity index (χ4n) is 1.32. The second kappa shape index (κ2) is 7.83. The molecule has 0 atom stereocenters. The van der Waals surface area contributed by atoms with E-state index < -0.39 is 24.3 Å². The molecule has 6 nitrogen and oxygen atoms in total. The average Bonchev–Trinajstić information content (AvgIpc) is 2.43. The summed E-state index contributed by atoms with van der Waals surface area (Å²) in [6.45, 7) is 2.44. The largest absolute Gasteiger partial charge is 0.462 e. The zero-order chi connectivity index (χ0) is 15.0. The maximum absolute atomic E-state index is 11.9. The molecule has 0 saturated heterocycles. The van der Waals surface area contributed by atoms with Gasteiger partial charge in [0.2, 0.25) is 5.78 Å². The van der Waals surface area contributed by atoms with Crippen LogP contribution in [0.3, 0.4) is 0 Å². The van der Waals surface area contributed by atoms with Crippen LogP contribution in [-0.2, 0) is 23.9 Å². The van der Waals surface area contributed by atoms with Crippen LogP contribution in [0.1, 0.15) is 19.5 Å². The number of esters is 2. The molecule has 0 radical (unpaired) electrons. The van der Waals surface area contributed by atoms with Crippen molar-refractivity contribution in [1.29, 1.82) is 0 Å². The van der Waals surface area contributed by atoms with Crippen molar-refractivity contribution in [2.75, 3.05) is 13.2 Å². The highest BCUT2D eigenvalue weighted by Gasteiger charge is 2.20. The molecule has 1 aromatic heterocycles. The van der Waals surface area contributed by atoms with E-state index in [1.165, 1.54) is 19.2 Å². The third-order valence-electron chi connectivity index (χ3n) is 2.18. The van der Waals surface area contributed by atoms with Gasteiger partial charge in [-0.2, -0.15) is 0 Å². The van der Waals surface area contributed by atoms with E-state index in [-0.39, 0.29) is 12.2 Å². The SMILES string of the molecule is CCOC(=O)C(=Cc1ccccn1)C(=O)COC(C)=O. The van der Waals surface area contributed by atoms with E-state index in [4.69, 9.17) is 4.74 Å². The lowest BCUT2D eigenvalue weighted by atomic mass is 10.1. The minimum absolute atomic E-state index is 0.138. The van der Waals surface area contributed by atoms with Crippen LogP contribution in [0.5, 0.6) is 0 Å². The Morgan fingerprint density at radius 3 is 2.55 bits per heavy atom. The van der Waals surface area contributed by atoms with Gasteiger partial charge < -0.3 is 9.47 Å². The lowest BCUT2D eigenvalue weighted by Gasteiger charge is -2.06. The van der Waals surface area contributed by atoms with Gasteiger partial charge in [-0.3, -0.25) is 14.6 Å². The van der Waals surface area contributed by atoms with E-state index in [1.807, 2.05) is 0 Å². The van der Waals surface area contributed by atoms with Crippen LogP contribution in [0.4, 0.5) is 0 Å². The summed E-state index contributed by atoms with van der Waals surface area (Å²) in [5.74, 6) is -2.00. The molecule has 0 aliphatic carbocycles. The van der Waals surface area contributed by atoms with Crippen LogP contribution in [0.15, 0.2) is 30.0 Å². The summed E-state index contributed by atoms with van der Waals surface area (Å²) in [6, 6.07) is 5.07. The van der Waals surface area contributed by atoms with Gasteiger partial charge >= 0.3 is 11.9 Å². The number of pyridine rings is 1. The van der Waals surface area contributed by atoms with Gasteiger partial charge in [0.15, 0.2) is 6.61 Å². The van der Waals surface area contributed by atoms with E-state index in [0.29, 0.717) is 5.69 Å². The predicted molar refractivity (Wildman–Crippen MR) is 70.5 cm³/mol. The fraction of sp³-hybridized carbons (Fsp3) is 0.286. The topological polar surface area (TPSA) is 82.6 Å². The van der Waals surface area contributed by atoms with Crippen LogP contribution in [0.25, 0.3) is 6.08 Å². The van der Waals surface area contributed by atoms with Gasteiger partial charge in [0.05, 0.1) is 12.3 Å². The molecule has 0 spiro atoms. The first-order chi connectivity index (χ1) is 9.54. The molecule has 0 aliphatic heterocycles. The molecule has 1 heterocycles. The van der Waals surface area contributed by atoms with Crippen molar-refractivity contribution in [3.8, 4) is 0 Å². The van der Waals surface area contributed by atoms with E-state index in [1.54, 1.807) is 25.1 Å². The lowest BCUT2D eigenvalue weighted by molar-refractivity contribution is -0.147. The molecule has 0 bridgehead atoms. The maximum atomic E-state index is 11.9. The Labute approximate surface area is 116 Å². The summed E-state index contributed by atoms with van der Waals surface area (Å²) < 4.78 is 9.40. The van der Waals surface area contributed by atoms with Crippen molar-refractivity contribution < 1.29 is 23.9 Å². The Bertz CT molecular complexity index is 522. The maximum Gasteiger partial charge on any atom is 0.341 e. The predicted octanol–water partition coefficient (Wildman–Crippen LogP) is 1.16. The Morgan fingerprint density at radius 2 is 2.00 bits per heavy atom. The molecule has 1 aromatic rings. The molecule has 0 saturated carbocycles. The summed E-state index contributed by atoms with van der Waals surface area (Å²) in [4.78, 5) is 38.3. The van der Waals surface area contributed by atoms with Crippen molar-refractivity contribution >= 4 is 23.8 Å². The first-order valence-corrected chi connectivity index (χ1v) is 6.01. The van der Waals surface area contributed by atoms with Crippen LogP contribution in [0.2, 0.25) is 0 Å². The molecule has 0 fully saturated rings. The molecule has 6 heteroatoms. The number of hydrogen-bond donors (Lipinski definition) is 0. The number of Topliss-reactive ketones (excluding diaryl/α,β-unsaturated/α-hetero) is 1. The second-order valence-corrected chi connectivity index (χ2v) is 3.74. The van der Waals surface area contributed by atoms with E-state index in [0.717, 1.165) is 0 Å². The molecule has 106 valence electrons. The summed E-state index contributed by atoms with van der Waals surface area (Å²) in [7, 11) is 0. The zero-order valence-electron chi connectivity index (χ0n) is 11.3. The Kier molecular flexibility index (Phi) is 6.09. The Balaban J connectivity index is 2.96. The summed E-state index contributed by atoms with van der Waals surface area (Å²) in [5, 5.41) is 0. The zero-order valence-corrected chi connectivity index (χ0v) is 11.3. The standard InChI is InChI=1S/C14H15NO5/c1-3-19-14(18)12(13(17)9-20-10(2)16)8-11-6-4-5-7-15-11/h4-8H,3,9H2,1-2H3. The van der Waals surface area contributed by atoms with Gasteiger partial charge in [0.1, 0.15) is 5.57 Å². The highest BCUT2D eigenvalue weighted by atomic mass is 16.5. The van der Waals surface area contributed by atoms with Gasteiger partial charge in [0, 0.05) is 13.1 Å². The van der Waals surface area contributed by atoms with Gasteiger partial charge in [-0.05, 0) is 25.1 Å². The molecule has 1 rings (SSSR count). The minimum Gasteiger partial charge on any atom is -0.462 e. The monoisotopic (exact) mass is 277 g/mol. The number of ether oxygens (including phenoxy) is 2. The number of rotatable bonds is 6. The van der Waals surface area contributed by atoms with Crippen molar-refractivity contribution in [1.82, 2.24) is 4.98 Å². The number of nitrogens with zero attached hydrogens (tertiary/aromatic N) is 1. The molecule has 0 amide bonds. The number of ketones is 1. The van der Waals surface area contributed by atoms with Gasteiger partial charge in [-0.1, -0.05) is 6.07 Å². The van der Waals surface area contributed by atoms with Crippen molar-refractivity contribution in [3.63, 3.8) is 0 Å². The molecular formula is C14H15NO5. The third kappa shape index (κ3) is 5.01. The number of aromatic nitrogens is 1. The molecule has 20 heavy (non-hydrogen) atoms. The first-order valence-electron chi connectivity index (χ1n) is 6.01. The summed E-state index contributed by atoms with van der Waals surface area (Å²) in [6.07, 6.45) is 2.84. The van der Waals surface area contributed by atoms with Crippen LogP contribution in [0, 0.1) is 0 Å². The molecule has 0 aliphatic rings. The molecule has 0 unspecified atom stereocenters. The Hall–Kier alpha value is -2.50. The molecule has 0 N–H and O–H groups in total. The number of carbonyl (C=O) groups excluding carboxylic acids is 3. The third-order valence-corrected chi connectivity index (χ3v) is 2.18. The fourth-order valence-corrected chi connectivity index (χ4v) is 1.32. The van der Waals surface area contributed by atoms with Gasteiger partial charge in [-0.15, -0.1) is 0 Å². The van der Waals surface area contributed by atoms with Crippen LogP contribution in [-0.4, -0.2) is 35.9 Å². The Morgan fingerprint density at radius 1 is 1.25 bits per heavy atom. The lowest BCUT2D eigenvalue weighted by Crippen LogP contribution is -2.21. The number of hydrogen-bond acceptors (Lipinski definition) is 6. The molecule has 0 aromatic carbocycles. The van der Waals surface area contributed by atoms with Crippen molar-refractivity contribution in [2.45, 2.75) is 13.8 Å². The highest BCUT2D eigenvalue weighted by Crippen LogP contribution is 2.08.